The van der Waals surface area contributed by atoms with E-state index < -0.39 is 0 Å². The summed E-state index contributed by atoms with van der Waals surface area (Å²) in [5, 5.41) is 4.59. The molecule has 0 spiro atoms. The van der Waals surface area contributed by atoms with Crippen LogP contribution in [0.3, 0.4) is 0 Å². The van der Waals surface area contributed by atoms with Crippen molar-refractivity contribution >= 4 is 11.3 Å². The van der Waals surface area contributed by atoms with Crippen LogP contribution in [-0.4, -0.2) is 24.7 Å². The Morgan fingerprint density at radius 3 is 2.53 bits per heavy atom. The Morgan fingerprint density at radius 2 is 2.00 bits per heavy atom. The molecule has 1 aromatic heterocycles. The van der Waals surface area contributed by atoms with Crippen LogP contribution in [0, 0.1) is 19.8 Å². The van der Waals surface area contributed by atoms with E-state index >= 15 is 0 Å². The second-order valence-electron chi connectivity index (χ2n) is 4.82. The second kappa shape index (κ2) is 7.09. The fourth-order valence-corrected chi connectivity index (χ4v) is 2.62. The minimum absolute atomic E-state index is 0.308. The molecule has 1 aromatic rings. The van der Waals surface area contributed by atoms with Crippen LogP contribution in [0.5, 0.6) is 0 Å². The van der Waals surface area contributed by atoms with Crippen molar-refractivity contribution in [3.63, 3.8) is 0 Å². The molecule has 0 aliphatic carbocycles. The van der Waals surface area contributed by atoms with E-state index in [1.165, 1.54) is 10.6 Å². The molecule has 0 saturated carbocycles. The quantitative estimate of drug-likeness (QED) is 0.761. The first kappa shape index (κ1) is 14.6. The van der Waals surface area contributed by atoms with Gasteiger partial charge in [-0.3, -0.25) is 0 Å². The van der Waals surface area contributed by atoms with E-state index in [9.17, 15) is 0 Å². The molecular weight excluding hydrogens is 232 g/mol. The number of ether oxygens (including phenoxy) is 1. The van der Waals surface area contributed by atoms with Gasteiger partial charge in [-0.05, 0) is 26.7 Å². The lowest BCUT2D eigenvalue weighted by Gasteiger charge is -2.13. The molecule has 4 heteroatoms. The van der Waals surface area contributed by atoms with Gasteiger partial charge in [-0.1, -0.05) is 13.8 Å². The average molecular weight is 256 g/mol. The third-order valence-corrected chi connectivity index (χ3v) is 3.40. The normalized spacial score (nSPS) is 13.3. The first-order valence-electron chi connectivity index (χ1n) is 6.25. The molecule has 0 bridgehead atoms. The van der Waals surface area contributed by atoms with Crippen LogP contribution < -0.4 is 5.32 Å². The summed E-state index contributed by atoms with van der Waals surface area (Å²) >= 11 is 1.76. The highest BCUT2D eigenvalue weighted by Gasteiger charge is 2.11. The van der Waals surface area contributed by atoms with E-state index in [0.717, 1.165) is 24.8 Å². The molecular formula is C13H24N2OS. The Labute approximate surface area is 109 Å². The molecule has 3 nitrogen and oxygen atoms in total. The average Bonchev–Trinajstić information content (AvgIpc) is 2.56. The van der Waals surface area contributed by atoms with Gasteiger partial charge in [0.15, 0.2) is 0 Å². The number of hydrogen-bond acceptors (Lipinski definition) is 4. The molecule has 0 aromatic carbocycles. The number of rotatable bonds is 7. The van der Waals surface area contributed by atoms with E-state index in [2.05, 4.69) is 44.9 Å². The van der Waals surface area contributed by atoms with Gasteiger partial charge >= 0.3 is 0 Å². The lowest BCUT2D eigenvalue weighted by atomic mass is 10.2. The topological polar surface area (TPSA) is 34.2 Å². The molecule has 0 aliphatic heterocycles. The van der Waals surface area contributed by atoms with Crippen molar-refractivity contribution < 1.29 is 4.74 Å². The summed E-state index contributed by atoms with van der Waals surface area (Å²) in [6.45, 7) is 13.2. The largest absolute Gasteiger partial charge is 0.380 e. The van der Waals surface area contributed by atoms with E-state index in [1.54, 1.807) is 11.3 Å². The predicted octanol–water partition coefficient (Wildman–Crippen LogP) is 3.08. The van der Waals surface area contributed by atoms with Crippen molar-refractivity contribution in [3.05, 3.63) is 15.6 Å². The Hall–Kier alpha value is -0.450. The van der Waals surface area contributed by atoms with Gasteiger partial charge in [0.1, 0.15) is 0 Å². The lowest BCUT2D eigenvalue weighted by Crippen LogP contribution is -2.24. The van der Waals surface area contributed by atoms with Gasteiger partial charge in [-0.2, -0.15) is 0 Å². The smallest absolute Gasteiger partial charge is 0.0900 e. The number of aromatic nitrogens is 1. The van der Waals surface area contributed by atoms with Gasteiger partial charge in [-0.25, -0.2) is 4.98 Å². The number of hydrogen-bond donors (Lipinski definition) is 1. The van der Waals surface area contributed by atoms with E-state index in [0.29, 0.717) is 12.0 Å². The molecule has 17 heavy (non-hydrogen) atoms. The summed E-state index contributed by atoms with van der Waals surface area (Å²) in [5.74, 6) is 0.607. The van der Waals surface area contributed by atoms with Crippen molar-refractivity contribution in [2.24, 2.45) is 5.92 Å². The third-order valence-electron chi connectivity index (χ3n) is 2.50. The van der Waals surface area contributed by atoms with Crippen molar-refractivity contribution in [1.82, 2.24) is 10.3 Å². The minimum Gasteiger partial charge on any atom is -0.380 e. The zero-order valence-electron chi connectivity index (χ0n) is 11.5. The number of nitrogens with zero attached hydrogens (tertiary/aromatic N) is 1. The summed E-state index contributed by atoms with van der Waals surface area (Å²) in [7, 11) is 0. The van der Waals surface area contributed by atoms with Crippen LogP contribution in [0.1, 0.15) is 42.4 Å². The maximum atomic E-state index is 5.54. The fourth-order valence-electron chi connectivity index (χ4n) is 1.71. The zero-order valence-corrected chi connectivity index (χ0v) is 12.4. The molecule has 0 aliphatic rings. The number of thiazole rings is 1. The van der Waals surface area contributed by atoms with Gasteiger partial charge < -0.3 is 10.1 Å². The van der Waals surface area contributed by atoms with Crippen molar-refractivity contribution in [2.45, 2.75) is 40.7 Å². The summed E-state index contributed by atoms with van der Waals surface area (Å²) in [6.07, 6.45) is 0. The predicted molar refractivity (Wildman–Crippen MR) is 73.7 cm³/mol. The SMILES string of the molecule is Cc1nc(C(C)NCCOCC(C)C)c(C)s1. The Kier molecular flexibility index (Phi) is 6.09. The van der Waals surface area contributed by atoms with Gasteiger partial charge in [0, 0.05) is 24.1 Å². The second-order valence-corrected chi connectivity index (χ2v) is 6.23. The standard InChI is InChI=1S/C13H24N2OS/c1-9(2)8-16-7-6-14-10(3)13-11(4)17-12(5)15-13/h9-10,14H,6-8H2,1-5H3. The Morgan fingerprint density at radius 1 is 1.29 bits per heavy atom. The number of aryl methyl sites for hydroxylation is 2. The van der Waals surface area contributed by atoms with Gasteiger partial charge in [0.25, 0.3) is 0 Å². The highest BCUT2D eigenvalue weighted by Crippen LogP contribution is 2.22. The fraction of sp³-hybridized carbons (Fsp3) is 0.769. The molecule has 0 saturated heterocycles. The minimum atomic E-state index is 0.308. The van der Waals surface area contributed by atoms with Crippen molar-refractivity contribution in [2.75, 3.05) is 19.8 Å². The zero-order chi connectivity index (χ0) is 12.8. The molecule has 98 valence electrons. The van der Waals surface area contributed by atoms with Crippen molar-refractivity contribution in [3.8, 4) is 0 Å². The highest BCUT2D eigenvalue weighted by atomic mass is 32.1. The van der Waals surface area contributed by atoms with Crippen LogP contribution in [-0.2, 0) is 4.74 Å². The Balaban J connectivity index is 2.25. The highest BCUT2D eigenvalue weighted by molar-refractivity contribution is 7.11. The monoisotopic (exact) mass is 256 g/mol. The van der Waals surface area contributed by atoms with Gasteiger partial charge in [0.2, 0.25) is 0 Å². The molecule has 1 heterocycles. The van der Waals surface area contributed by atoms with Crippen LogP contribution in [0.4, 0.5) is 0 Å². The van der Waals surface area contributed by atoms with Crippen LogP contribution in [0.25, 0.3) is 0 Å². The molecule has 1 unspecified atom stereocenters. The summed E-state index contributed by atoms with van der Waals surface area (Å²) in [6, 6.07) is 0.308. The van der Waals surface area contributed by atoms with Crippen molar-refractivity contribution in [1.29, 1.82) is 0 Å². The molecule has 0 fully saturated rings. The van der Waals surface area contributed by atoms with Crippen LogP contribution in [0.15, 0.2) is 0 Å². The molecule has 1 N–H and O–H groups in total. The summed E-state index contributed by atoms with van der Waals surface area (Å²) < 4.78 is 5.54. The third kappa shape index (κ3) is 5.15. The Bertz CT molecular complexity index is 336. The van der Waals surface area contributed by atoms with Gasteiger partial charge in [-0.15, -0.1) is 11.3 Å². The van der Waals surface area contributed by atoms with Gasteiger partial charge in [0.05, 0.1) is 17.3 Å². The molecule has 0 amide bonds. The van der Waals surface area contributed by atoms with Crippen LogP contribution >= 0.6 is 11.3 Å². The maximum absolute atomic E-state index is 5.54. The first-order valence-corrected chi connectivity index (χ1v) is 7.07. The lowest BCUT2D eigenvalue weighted by molar-refractivity contribution is 0.110. The maximum Gasteiger partial charge on any atom is 0.0900 e. The van der Waals surface area contributed by atoms with E-state index in [-0.39, 0.29) is 0 Å². The molecule has 1 atom stereocenters. The summed E-state index contributed by atoms with van der Waals surface area (Å²) in [4.78, 5) is 5.86. The molecule has 1 rings (SSSR count). The van der Waals surface area contributed by atoms with Crippen LogP contribution in [0.2, 0.25) is 0 Å². The molecule has 0 radical (unpaired) electrons. The van der Waals surface area contributed by atoms with E-state index in [4.69, 9.17) is 4.74 Å². The first-order chi connectivity index (χ1) is 8.00. The number of nitrogens with one attached hydrogen (secondary N) is 1. The summed E-state index contributed by atoms with van der Waals surface area (Å²) in [5.41, 5.74) is 1.18. The van der Waals surface area contributed by atoms with E-state index in [1.807, 2.05) is 0 Å².